The van der Waals surface area contributed by atoms with Gasteiger partial charge < -0.3 is 4.90 Å². The molecule has 5 rings (SSSR count). The Kier molecular flexibility index (Phi) is 8.48. The maximum Gasteiger partial charge on any atom is 0.416 e. The molecule has 1 nitrogen and oxygen atoms in total. The molecule has 0 saturated heterocycles. The fourth-order valence-electron chi connectivity index (χ4n) is 6.62. The minimum Gasteiger partial charge on any atom is -0.377 e. The average Bonchev–Trinajstić information content (AvgIpc) is 2.94. The largest absolute Gasteiger partial charge is 0.416 e. The third-order valence-corrected chi connectivity index (χ3v) is 12.0. The number of alkyl halides is 3. The van der Waals surface area contributed by atoms with Gasteiger partial charge in [-0.05, 0) is 77.2 Å². The van der Waals surface area contributed by atoms with Gasteiger partial charge in [-0.1, -0.05) is 95.0 Å². The van der Waals surface area contributed by atoms with E-state index in [-0.39, 0.29) is 7.92 Å². The molecule has 0 bridgehead atoms. The van der Waals surface area contributed by atoms with Gasteiger partial charge in [-0.3, -0.25) is 0 Å². The van der Waals surface area contributed by atoms with Crippen molar-refractivity contribution in [2.24, 2.45) is 0 Å². The van der Waals surface area contributed by atoms with Crippen LogP contribution in [0.4, 0.5) is 18.9 Å². The van der Waals surface area contributed by atoms with Crippen molar-refractivity contribution >= 4 is 18.9 Å². The van der Waals surface area contributed by atoms with Gasteiger partial charge in [0.05, 0.1) is 5.56 Å². The van der Waals surface area contributed by atoms with E-state index < -0.39 is 11.7 Å². The lowest BCUT2D eigenvalue weighted by atomic mass is 9.91. The lowest BCUT2D eigenvalue weighted by Crippen LogP contribution is -2.27. The van der Waals surface area contributed by atoms with Gasteiger partial charge in [0.2, 0.25) is 0 Å². The molecular weight excluding hydrogens is 498 g/mol. The molecule has 2 fully saturated rings. The van der Waals surface area contributed by atoms with Crippen LogP contribution in [0.25, 0.3) is 22.3 Å². The summed E-state index contributed by atoms with van der Waals surface area (Å²) in [6, 6.07) is 20.8. The van der Waals surface area contributed by atoms with Crippen molar-refractivity contribution in [3.8, 4) is 22.3 Å². The Labute approximate surface area is 227 Å². The Morgan fingerprint density at radius 3 is 1.87 bits per heavy atom. The standard InChI is InChI=1S/C33H39F3NP/c1-37(2)30-21-12-20-28(24-13-11-14-25(23-24)33(34,35)36)32(30)29-19-9-10-22-31(29)38(26-15-5-3-6-16-26)27-17-7-4-8-18-27/h9-14,19-23,26-27H,3-8,15-18H2,1-2H3. The van der Waals surface area contributed by atoms with E-state index >= 15 is 0 Å². The minimum atomic E-state index is -4.37. The van der Waals surface area contributed by atoms with E-state index in [0.29, 0.717) is 5.56 Å². The molecule has 0 unspecified atom stereocenters. The summed E-state index contributed by atoms with van der Waals surface area (Å²) in [4.78, 5) is 2.10. The number of anilines is 1. The molecule has 38 heavy (non-hydrogen) atoms. The van der Waals surface area contributed by atoms with E-state index in [1.54, 1.807) is 0 Å². The molecule has 202 valence electrons. The van der Waals surface area contributed by atoms with Crippen LogP contribution in [0.2, 0.25) is 0 Å². The van der Waals surface area contributed by atoms with Gasteiger partial charge in [0.15, 0.2) is 0 Å². The summed E-state index contributed by atoms with van der Waals surface area (Å²) in [6.07, 6.45) is 8.85. The van der Waals surface area contributed by atoms with Crippen LogP contribution in [-0.4, -0.2) is 25.4 Å². The highest BCUT2D eigenvalue weighted by atomic mass is 31.1. The van der Waals surface area contributed by atoms with Gasteiger partial charge in [0, 0.05) is 25.3 Å². The van der Waals surface area contributed by atoms with Crippen molar-refractivity contribution in [1.82, 2.24) is 0 Å². The van der Waals surface area contributed by atoms with Crippen LogP contribution in [0.1, 0.15) is 69.8 Å². The summed E-state index contributed by atoms with van der Waals surface area (Å²) in [5.41, 5.74) is 5.70. The SMILES string of the molecule is CN(C)c1cccc(-c2cccc(C(F)(F)F)c2)c1-c1ccccc1P(C1CCCCC1)C1CCCCC1. The Morgan fingerprint density at radius 1 is 0.684 bits per heavy atom. The average molecular weight is 538 g/mol. The zero-order chi connectivity index (χ0) is 26.7. The predicted octanol–water partition coefficient (Wildman–Crippen LogP) is 9.88. The van der Waals surface area contributed by atoms with E-state index in [4.69, 9.17) is 0 Å². The highest BCUT2D eigenvalue weighted by Gasteiger charge is 2.35. The number of hydrogen-bond donors (Lipinski definition) is 0. The molecule has 2 saturated carbocycles. The van der Waals surface area contributed by atoms with E-state index in [1.165, 1.54) is 93.3 Å². The first-order valence-corrected chi connectivity index (χ1v) is 15.7. The van der Waals surface area contributed by atoms with Crippen LogP contribution in [0.3, 0.4) is 0 Å². The van der Waals surface area contributed by atoms with Crippen LogP contribution in [0.15, 0.2) is 66.7 Å². The lowest BCUT2D eigenvalue weighted by molar-refractivity contribution is -0.137. The number of nitrogens with zero attached hydrogens (tertiary/aromatic N) is 1. The molecule has 0 amide bonds. The summed E-state index contributed by atoms with van der Waals surface area (Å²) >= 11 is 0. The van der Waals surface area contributed by atoms with Crippen LogP contribution >= 0.6 is 7.92 Å². The topological polar surface area (TPSA) is 3.24 Å². The zero-order valence-corrected chi connectivity index (χ0v) is 23.5. The summed E-state index contributed by atoms with van der Waals surface area (Å²) in [5, 5.41) is 1.46. The minimum absolute atomic E-state index is 0.373. The van der Waals surface area contributed by atoms with Crippen molar-refractivity contribution in [2.75, 3.05) is 19.0 Å². The van der Waals surface area contributed by atoms with Gasteiger partial charge in [0.1, 0.15) is 0 Å². The molecule has 3 aromatic rings. The first-order valence-electron chi connectivity index (χ1n) is 14.2. The molecule has 0 aliphatic heterocycles. The molecular formula is C33H39F3NP. The van der Waals surface area contributed by atoms with E-state index in [9.17, 15) is 13.2 Å². The van der Waals surface area contributed by atoms with Gasteiger partial charge in [-0.15, -0.1) is 0 Å². The molecule has 3 aromatic carbocycles. The third-order valence-electron chi connectivity index (χ3n) is 8.41. The van der Waals surface area contributed by atoms with Crippen molar-refractivity contribution in [3.05, 3.63) is 72.3 Å². The molecule has 0 radical (unpaired) electrons. The summed E-state index contributed by atoms with van der Waals surface area (Å²) in [6.45, 7) is 0. The van der Waals surface area contributed by atoms with Crippen LogP contribution in [-0.2, 0) is 6.18 Å². The Balaban J connectivity index is 1.71. The molecule has 0 N–H and O–H groups in total. The maximum atomic E-state index is 13.7. The lowest BCUT2D eigenvalue weighted by Gasteiger charge is -2.40. The summed E-state index contributed by atoms with van der Waals surface area (Å²) in [7, 11) is 3.69. The molecule has 0 aromatic heterocycles. The first kappa shape index (κ1) is 27.3. The first-order chi connectivity index (χ1) is 18.3. The fraction of sp³-hybridized carbons (Fsp3) is 0.455. The number of hydrogen-bond acceptors (Lipinski definition) is 1. The number of rotatable bonds is 6. The number of benzene rings is 3. The van der Waals surface area contributed by atoms with Crippen molar-refractivity contribution in [2.45, 2.75) is 81.7 Å². The highest BCUT2D eigenvalue weighted by molar-refractivity contribution is 7.67. The maximum absolute atomic E-state index is 13.7. The van der Waals surface area contributed by atoms with Gasteiger partial charge in [-0.25, -0.2) is 0 Å². The van der Waals surface area contributed by atoms with E-state index in [2.05, 4.69) is 35.2 Å². The molecule has 2 aliphatic rings. The van der Waals surface area contributed by atoms with Crippen molar-refractivity contribution in [1.29, 1.82) is 0 Å². The highest BCUT2D eigenvalue weighted by Crippen LogP contribution is 2.57. The number of halogens is 3. The van der Waals surface area contributed by atoms with Crippen LogP contribution in [0, 0.1) is 0 Å². The second-order valence-electron chi connectivity index (χ2n) is 11.2. The van der Waals surface area contributed by atoms with Gasteiger partial charge >= 0.3 is 6.18 Å². The molecule has 0 heterocycles. The predicted molar refractivity (Wildman–Crippen MR) is 157 cm³/mol. The smallest absolute Gasteiger partial charge is 0.377 e. The quantitative estimate of drug-likeness (QED) is 0.283. The molecule has 0 atom stereocenters. The van der Waals surface area contributed by atoms with Crippen molar-refractivity contribution in [3.63, 3.8) is 0 Å². The second-order valence-corrected chi connectivity index (χ2v) is 13.9. The third kappa shape index (κ3) is 5.81. The van der Waals surface area contributed by atoms with Crippen molar-refractivity contribution < 1.29 is 13.2 Å². The normalized spacial score (nSPS) is 17.6. The molecule has 5 heteroatoms. The van der Waals surface area contributed by atoms with Gasteiger partial charge in [0.25, 0.3) is 0 Å². The van der Waals surface area contributed by atoms with Crippen LogP contribution in [0.5, 0.6) is 0 Å². The summed E-state index contributed by atoms with van der Waals surface area (Å²) in [5.74, 6) is 0. The Bertz CT molecular complexity index is 1200. The Morgan fingerprint density at radius 2 is 1.26 bits per heavy atom. The van der Waals surface area contributed by atoms with E-state index in [1.807, 2.05) is 32.3 Å². The zero-order valence-electron chi connectivity index (χ0n) is 22.6. The summed E-state index contributed by atoms with van der Waals surface area (Å²) < 4.78 is 41.1. The molecule has 2 aliphatic carbocycles. The van der Waals surface area contributed by atoms with E-state index in [0.717, 1.165) is 28.1 Å². The Hall–Kier alpha value is -2.32. The van der Waals surface area contributed by atoms with Crippen LogP contribution < -0.4 is 10.2 Å². The van der Waals surface area contributed by atoms with Gasteiger partial charge in [-0.2, -0.15) is 13.2 Å². The fourth-order valence-corrected chi connectivity index (χ4v) is 10.6. The monoisotopic (exact) mass is 537 g/mol. The second kappa shape index (κ2) is 11.8. The molecule has 0 spiro atoms.